The number of ether oxygens (including phenoxy) is 4. The van der Waals surface area contributed by atoms with Crippen LogP contribution in [0.3, 0.4) is 0 Å². The molecular weight excluding hydrogens is 845 g/mol. The maximum atomic E-state index is 12.9. The Kier molecular flexibility index (Phi) is 44.3. The highest BCUT2D eigenvalue weighted by molar-refractivity contribution is 5.70. The van der Waals surface area contributed by atoms with Gasteiger partial charge < -0.3 is 39.4 Å². The van der Waals surface area contributed by atoms with Gasteiger partial charge in [-0.1, -0.05) is 229 Å². The van der Waals surface area contributed by atoms with E-state index in [9.17, 15) is 30.0 Å². The van der Waals surface area contributed by atoms with Crippen LogP contribution in [0.2, 0.25) is 0 Å². The average molecular weight is 947 g/mol. The van der Waals surface area contributed by atoms with E-state index in [1.54, 1.807) is 0 Å². The first-order valence-electron chi connectivity index (χ1n) is 27.7. The summed E-state index contributed by atoms with van der Waals surface area (Å²) < 4.78 is 22.3. The van der Waals surface area contributed by atoms with Crippen LogP contribution in [0.5, 0.6) is 0 Å². The van der Waals surface area contributed by atoms with Crippen LogP contribution in [0.1, 0.15) is 245 Å². The molecule has 1 aliphatic heterocycles. The van der Waals surface area contributed by atoms with Gasteiger partial charge in [-0.05, 0) is 51.4 Å². The van der Waals surface area contributed by atoms with Crippen molar-refractivity contribution in [3.63, 3.8) is 0 Å². The van der Waals surface area contributed by atoms with Gasteiger partial charge in [0.2, 0.25) is 0 Å². The van der Waals surface area contributed by atoms with Gasteiger partial charge in [0.05, 0.1) is 13.2 Å². The van der Waals surface area contributed by atoms with Gasteiger partial charge in [-0.15, -0.1) is 0 Å². The number of aliphatic hydroxyl groups is 4. The number of allylic oxidation sites excluding steroid dienone is 8. The molecule has 0 amide bonds. The van der Waals surface area contributed by atoms with Crippen molar-refractivity contribution in [1.82, 2.24) is 0 Å². The minimum absolute atomic E-state index is 0.219. The molecule has 1 fully saturated rings. The zero-order valence-electron chi connectivity index (χ0n) is 42.9. The largest absolute Gasteiger partial charge is 0.462 e. The van der Waals surface area contributed by atoms with E-state index in [4.69, 9.17) is 18.9 Å². The minimum atomic E-state index is -1.60. The zero-order chi connectivity index (χ0) is 48.7. The Morgan fingerprint density at radius 3 is 1.33 bits per heavy atom. The Balaban J connectivity index is 2.22. The van der Waals surface area contributed by atoms with Gasteiger partial charge in [-0.25, -0.2) is 0 Å². The first kappa shape index (κ1) is 62.7. The van der Waals surface area contributed by atoms with Crippen molar-refractivity contribution < 1.29 is 49.0 Å². The Hall–Kier alpha value is -2.34. The van der Waals surface area contributed by atoms with E-state index in [0.717, 1.165) is 70.6 Å². The van der Waals surface area contributed by atoms with Gasteiger partial charge in [0, 0.05) is 12.8 Å². The van der Waals surface area contributed by atoms with Gasteiger partial charge in [0.25, 0.3) is 0 Å². The molecule has 6 unspecified atom stereocenters. The van der Waals surface area contributed by atoms with E-state index in [2.05, 4.69) is 62.5 Å². The Bertz CT molecular complexity index is 1230. The summed E-state index contributed by atoms with van der Waals surface area (Å²) in [6.07, 6.45) is 51.2. The number of aliphatic hydroxyl groups excluding tert-OH is 4. The molecule has 390 valence electrons. The molecule has 1 saturated heterocycles. The molecule has 10 heteroatoms. The van der Waals surface area contributed by atoms with Crippen LogP contribution in [0.25, 0.3) is 0 Å². The normalized spacial score (nSPS) is 19.4. The van der Waals surface area contributed by atoms with Crippen LogP contribution in [0, 0.1) is 0 Å². The van der Waals surface area contributed by atoms with Gasteiger partial charge in [0.15, 0.2) is 12.4 Å². The molecule has 0 saturated carbocycles. The van der Waals surface area contributed by atoms with Gasteiger partial charge in [0.1, 0.15) is 31.0 Å². The summed E-state index contributed by atoms with van der Waals surface area (Å²) in [6.45, 7) is 3.34. The molecule has 0 spiro atoms. The van der Waals surface area contributed by atoms with E-state index in [0.29, 0.717) is 6.42 Å². The van der Waals surface area contributed by atoms with Crippen LogP contribution in [0.15, 0.2) is 48.6 Å². The molecule has 1 rings (SSSR count). The van der Waals surface area contributed by atoms with Crippen molar-refractivity contribution in [3.05, 3.63) is 48.6 Å². The summed E-state index contributed by atoms with van der Waals surface area (Å²) in [4.78, 5) is 25.5. The second-order valence-corrected chi connectivity index (χ2v) is 19.0. The lowest BCUT2D eigenvalue weighted by molar-refractivity contribution is -0.305. The second kappa shape index (κ2) is 47.3. The van der Waals surface area contributed by atoms with Crippen molar-refractivity contribution in [1.29, 1.82) is 0 Å². The van der Waals surface area contributed by atoms with Crippen molar-refractivity contribution in [2.24, 2.45) is 0 Å². The molecule has 1 heterocycles. The number of carbonyl (C=O) groups is 2. The first-order chi connectivity index (χ1) is 32.8. The molecule has 10 nitrogen and oxygen atoms in total. The van der Waals surface area contributed by atoms with E-state index < -0.39 is 49.4 Å². The molecule has 0 aliphatic carbocycles. The molecule has 0 radical (unpaired) electrons. The smallest absolute Gasteiger partial charge is 0.306 e. The fraction of sp³-hybridized carbons (Fsp3) is 0.825. The third-order valence-electron chi connectivity index (χ3n) is 12.7. The number of esters is 2. The minimum Gasteiger partial charge on any atom is -0.462 e. The summed E-state index contributed by atoms with van der Waals surface area (Å²) in [5.41, 5.74) is 0. The molecule has 67 heavy (non-hydrogen) atoms. The third kappa shape index (κ3) is 38.1. The second-order valence-electron chi connectivity index (χ2n) is 19.0. The summed E-state index contributed by atoms with van der Waals surface area (Å²) in [5, 5.41) is 40.3. The average Bonchev–Trinajstić information content (AvgIpc) is 3.33. The quantitative estimate of drug-likeness (QED) is 0.0264. The topological polar surface area (TPSA) is 152 Å². The maximum Gasteiger partial charge on any atom is 0.306 e. The molecular formula is C57H102O10. The monoisotopic (exact) mass is 947 g/mol. The van der Waals surface area contributed by atoms with Crippen LogP contribution >= 0.6 is 0 Å². The van der Waals surface area contributed by atoms with Crippen LogP contribution in [-0.4, -0.2) is 89.0 Å². The molecule has 1 aliphatic rings. The number of unbranched alkanes of at least 4 members (excludes halogenated alkanes) is 28. The van der Waals surface area contributed by atoms with E-state index >= 15 is 0 Å². The van der Waals surface area contributed by atoms with Crippen molar-refractivity contribution >= 4 is 11.9 Å². The number of hydrogen-bond acceptors (Lipinski definition) is 10. The lowest BCUT2D eigenvalue weighted by Crippen LogP contribution is -2.59. The first-order valence-corrected chi connectivity index (χ1v) is 27.7. The highest BCUT2D eigenvalue weighted by Gasteiger charge is 2.44. The summed E-state index contributed by atoms with van der Waals surface area (Å²) in [6, 6.07) is 0. The Morgan fingerprint density at radius 1 is 0.478 bits per heavy atom. The van der Waals surface area contributed by atoms with Crippen LogP contribution in [-0.2, 0) is 28.5 Å². The Labute approximate surface area is 409 Å². The molecule has 0 aromatic rings. The number of carbonyl (C=O) groups excluding carboxylic acids is 2. The maximum absolute atomic E-state index is 12.9. The van der Waals surface area contributed by atoms with Gasteiger partial charge in [-0.3, -0.25) is 9.59 Å². The van der Waals surface area contributed by atoms with Gasteiger partial charge in [-0.2, -0.15) is 0 Å². The fourth-order valence-electron chi connectivity index (χ4n) is 8.42. The summed E-state index contributed by atoms with van der Waals surface area (Å²) in [5.74, 6) is -0.805. The summed E-state index contributed by atoms with van der Waals surface area (Å²) >= 11 is 0. The van der Waals surface area contributed by atoms with Crippen molar-refractivity contribution in [3.8, 4) is 0 Å². The molecule has 6 atom stereocenters. The van der Waals surface area contributed by atoms with E-state index in [-0.39, 0.29) is 32.0 Å². The van der Waals surface area contributed by atoms with E-state index in [1.165, 1.54) is 141 Å². The highest BCUT2D eigenvalue weighted by atomic mass is 16.7. The molecule has 0 bridgehead atoms. The molecule has 4 N–H and O–H groups in total. The SMILES string of the molecule is CC/C=C\C/C=C\C/C=C\C/C=C\CCCCCCCCCCC(=O)OC(COC(=O)CCCCCCCCCCCCCCCCCCCCCCC)COC1OC(CO)C(O)C(O)C1O. The number of hydrogen-bond donors (Lipinski definition) is 4. The Morgan fingerprint density at radius 2 is 0.881 bits per heavy atom. The standard InChI is InChI=1S/C57H102O10/c1-3-5-7-9-11-13-15-17-19-21-23-25-27-29-31-33-35-37-39-41-43-45-52(59)64-48-50(49-65-57-56(63)55(62)54(61)51(47-58)67-57)66-53(60)46-44-42-40-38-36-34-32-30-28-26-24-22-20-18-16-14-12-10-8-6-4-2/h6,8,12,14,18,20,24,26,50-51,54-58,61-63H,3-5,7,9-11,13,15-17,19,21-23,25,27-49H2,1-2H3/b8-6-,14-12-,20-18-,26-24-. The fourth-order valence-corrected chi connectivity index (χ4v) is 8.42. The van der Waals surface area contributed by atoms with Gasteiger partial charge >= 0.3 is 11.9 Å². The molecule has 0 aromatic heterocycles. The van der Waals surface area contributed by atoms with Crippen LogP contribution < -0.4 is 0 Å². The highest BCUT2D eigenvalue weighted by Crippen LogP contribution is 2.23. The number of rotatable bonds is 47. The lowest BCUT2D eigenvalue weighted by Gasteiger charge is -2.39. The zero-order valence-corrected chi connectivity index (χ0v) is 42.9. The van der Waals surface area contributed by atoms with Crippen LogP contribution in [0.4, 0.5) is 0 Å². The summed E-state index contributed by atoms with van der Waals surface area (Å²) in [7, 11) is 0. The predicted octanol–water partition coefficient (Wildman–Crippen LogP) is 13.6. The third-order valence-corrected chi connectivity index (χ3v) is 12.7. The van der Waals surface area contributed by atoms with E-state index in [1.807, 2.05) is 0 Å². The van der Waals surface area contributed by atoms with Crippen molar-refractivity contribution in [2.75, 3.05) is 19.8 Å². The lowest BCUT2D eigenvalue weighted by atomic mass is 9.99. The van der Waals surface area contributed by atoms with Crippen molar-refractivity contribution in [2.45, 2.75) is 282 Å². The molecule has 0 aromatic carbocycles. The predicted molar refractivity (Wildman–Crippen MR) is 275 cm³/mol.